The number of benzene rings is 1. The zero-order chi connectivity index (χ0) is 13.3. The zero-order valence-corrected chi connectivity index (χ0v) is 11.0. The van der Waals surface area contributed by atoms with Crippen molar-refractivity contribution >= 4 is 39.0 Å². The van der Waals surface area contributed by atoms with Gasteiger partial charge in [0.1, 0.15) is 11.6 Å². The molecule has 7 heteroatoms. The van der Waals surface area contributed by atoms with Gasteiger partial charge in [0.05, 0.1) is 15.2 Å². The summed E-state index contributed by atoms with van der Waals surface area (Å²) in [6.07, 6.45) is 1.34. The van der Waals surface area contributed by atoms with Crippen molar-refractivity contribution in [3.63, 3.8) is 0 Å². The third kappa shape index (κ3) is 2.76. The van der Waals surface area contributed by atoms with Crippen LogP contribution in [0.3, 0.4) is 0 Å². The molecule has 1 N–H and O–H groups in total. The number of rotatable bonds is 2. The highest BCUT2D eigenvalue weighted by Crippen LogP contribution is 2.28. The molecule has 0 aliphatic rings. The molecule has 0 fully saturated rings. The number of hydrogen-bond acceptors (Lipinski definition) is 2. The van der Waals surface area contributed by atoms with Crippen LogP contribution in [-0.2, 0) is 0 Å². The Labute approximate surface area is 114 Å². The average Bonchev–Trinajstić information content (AvgIpc) is 2.29. The van der Waals surface area contributed by atoms with E-state index in [1.165, 1.54) is 12.3 Å². The highest BCUT2D eigenvalue weighted by molar-refractivity contribution is 9.10. The van der Waals surface area contributed by atoms with Gasteiger partial charge >= 0.3 is 0 Å². The molecule has 1 heterocycles. The predicted molar refractivity (Wildman–Crippen MR) is 66.5 cm³/mol. The van der Waals surface area contributed by atoms with E-state index in [-0.39, 0.29) is 11.5 Å². The Balaban J connectivity index is 2.37. The average molecular weight is 338 g/mol. The fourth-order valence-corrected chi connectivity index (χ4v) is 1.99. The van der Waals surface area contributed by atoms with Gasteiger partial charge in [0.25, 0.3) is 0 Å². The summed E-state index contributed by atoms with van der Waals surface area (Å²) in [5.41, 5.74) is -0.218. The summed E-state index contributed by atoms with van der Waals surface area (Å²) >= 11 is 8.86. The normalized spacial score (nSPS) is 10.5. The molecule has 1 aromatic carbocycles. The van der Waals surface area contributed by atoms with Gasteiger partial charge in [-0.3, -0.25) is 0 Å². The molecule has 0 saturated carbocycles. The van der Waals surface area contributed by atoms with Gasteiger partial charge in [0.15, 0.2) is 11.6 Å². The van der Waals surface area contributed by atoms with E-state index in [1.807, 2.05) is 0 Å². The molecule has 18 heavy (non-hydrogen) atoms. The van der Waals surface area contributed by atoms with Crippen molar-refractivity contribution in [3.8, 4) is 0 Å². The summed E-state index contributed by atoms with van der Waals surface area (Å²) in [5.74, 6) is -3.08. The van der Waals surface area contributed by atoms with Gasteiger partial charge in [-0.1, -0.05) is 11.6 Å². The Morgan fingerprint density at radius 2 is 1.72 bits per heavy atom. The van der Waals surface area contributed by atoms with E-state index < -0.39 is 17.5 Å². The second-order valence-electron chi connectivity index (χ2n) is 3.36. The summed E-state index contributed by atoms with van der Waals surface area (Å²) in [7, 11) is 0. The van der Waals surface area contributed by atoms with Gasteiger partial charge in [-0.05, 0) is 22.0 Å². The van der Waals surface area contributed by atoms with Crippen LogP contribution in [0.2, 0.25) is 5.02 Å². The summed E-state index contributed by atoms with van der Waals surface area (Å²) in [6.45, 7) is 0. The van der Waals surface area contributed by atoms with Crippen LogP contribution < -0.4 is 5.32 Å². The second-order valence-corrected chi connectivity index (χ2v) is 4.65. The summed E-state index contributed by atoms with van der Waals surface area (Å²) in [4.78, 5) is 3.89. The quantitative estimate of drug-likeness (QED) is 0.806. The molecular weight excluding hydrogens is 332 g/mol. The molecule has 0 aliphatic heterocycles. The van der Waals surface area contributed by atoms with Gasteiger partial charge in [-0.2, -0.15) is 0 Å². The number of nitrogens with one attached hydrogen (secondary N) is 1. The van der Waals surface area contributed by atoms with Gasteiger partial charge in [-0.15, -0.1) is 0 Å². The van der Waals surface area contributed by atoms with Crippen LogP contribution in [-0.4, -0.2) is 4.98 Å². The molecule has 0 saturated heterocycles. The Kier molecular flexibility index (Phi) is 3.77. The van der Waals surface area contributed by atoms with Crippen molar-refractivity contribution in [2.75, 3.05) is 5.32 Å². The lowest BCUT2D eigenvalue weighted by Crippen LogP contribution is -1.99. The maximum atomic E-state index is 13.4. The highest BCUT2D eigenvalue weighted by Gasteiger charge is 2.11. The number of anilines is 2. The molecule has 94 valence electrons. The van der Waals surface area contributed by atoms with E-state index in [1.54, 1.807) is 0 Å². The maximum Gasteiger partial charge on any atom is 0.161 e. The molecule has 0 bridgehead atoms. The molecule has 0 spiro atoms. The zero-order valence-electron chi connectivity index (χ0n) is 8.65. The predicted octanol–water partition coefficient (Wildman–Crippen LogP) is 4.66. The number of aromatic nitrogens is 1. The fraction of sp³-hybridized carbons (Fsp3) is 0. The van der Waals surface area contributed by atoms with Crippen LogP contribution in [0.4, 0.5) is 24.7 Å². The highest BCUT2D eigenvalue weighted by atomic mass is 79.9. The van der Waals surface area contributed by atoms with Gasteiger partial charge < -0.3 is 5.32 Å². The van der Waals surface area contributed by atoms with E-state index in [2.05, 4.69) is 26.2 Å². The van der Waals surface area contributed by atoms with E-state index in [9.17, 15) is 13.2 Å². The Bertz CT molecular complexity index is 607. The number of hydrogen-bond donors (Lipinski definition) is 1. The van der Waals surface area contributed by atoms with Crippen molar-refractivity contribution in [2.24, 2.45) is 0 Å². The van der Waals surface area contributed by atoms with Gasteiger partial charge in [-0.25, -0.2) is 18.2 Å². The monoisotopic (exact) mass is 336 g/mol. The van der Waals surface area contributed by atoms with E-state index in [4.69, 9.17) is 11.6 Å². The summed E-state index contributed by atoms with van der Waals surface area (Å²) in [6, 6.07) is 2.71. The molecular formula is C11H5BrClF3N2. The largest absolute Gasteiger partial charge is 0.337 e. The minimum Gasteiger partial charge on any atom is -0.337 e. The smallest absolute Gasteiger partial charge is 0.161 e. The molecule has 2 nitrogen and oxygen atoms in total. The third-order valence-electron chi connectivity index (χ3n) is 2.07. The number of nitrogens with zero attached hydrogens (tertiary/aromatic N) is 1. The first-order chi connectivity index (χ1) is 8.47. The molecule has 0 atom stereocenters. The van der Waals surface area contributed by atoms with Crippen molar-refractivity contribution in [1.29, 1.82) is 0 Å². The van der Waals surface area contributed by atoms with Crippen LogP contribution in [0.1, 0.15) is 0 Å². The minimum atomic E-state index is -1.25. The number of pyridine rings is 1. The first kappa shape index (κ1) is 13.2. The topological polar surface area (TPSA) is 24.9 Å². The lowest BCUT2D eigenvalue weighted by atomic mass is 10.3. The second kappa shape index (κ2) is 5.16. The molecule has 0 aliphatic carbocycles. The van der Waals surface area contributed by atoms with Crippen LogP contribution in [0.25, 0.3) is 0 Å². The fourth-order valence-electron chi connectivity index (χ4n) is 1.25. The summed E-state index contributed by atoms with van der Waals surface area (Å²) in [5, 5.41) is 2.92. The molecule has 0 radical (unpaired) electrons. The summed E-state index contributed by atoms with van der Waals surface area (Å²) < 4.78 is 39.6. The van der Waals surface area contributed by atoms with Gasteiger partial charge in [0, 0.05) is 18.3 Å². The van der Waals surface area contributed by atoms with E-state index in [0.717, 1.165) is 0 Å². The SMILES string of the molecule is Fc1cc(F)c(Nc2ncc(Cl)cc2Br)cc1F. The molecule has 0 amide bonds. The lowest BCUT2D eigenvalue weighted by molar-refractivity contribution is 0.496. The van der Waals surface area contributed by atoms with E-state index in [0.29, 0.717) is 21.6 Å². The van der Waals surface area contributed by atoms with Crippen LogP contribution >= 0.6 is 27.5 Å². The van der Waals surface area contributed by atoms with Crippen LogP contribution in [0, 0.1) is 17.5 Å². The van der Waals surface area contributed by atoms with Crippen molar-refractivity contribution in [1.82, 2.24) is 4.98 Å². The molecule has 2 rings (SSSR count). The first-order valence-electron chi connectivity index (χ1n) is 4.70. The minimum absolute atomic E-state index is 0.218. The van der Waals surface area contributed by atoms with E-state index >= 15 is 0 Å². The molecule has 1 aromatic heterocycles. The van der Waals surface area contributed by atoms with Crippen molar-refractivity contribution in [2.45, 2.75) is 0 Å². The Hall–Kier alpha value is -1.27. The third-order valence-corrected chi connectivity index (χ3v) is 2.88. The van der Waals surface area contributed by atoms with Crippen molar-refractivity contribution in [3.05, 3.63) is 51.3 Å². The standard InChI is InChI=1S/C11H5BrClF3N2/c12-6-1-5(13)4-17-11(6)18-10-3-8(15)7(14)2-9(10)16/h1-4H,(H,17,18). The van der Waals surface area contributed by atoms with Crippen LogP contribution in [0.5, 0.6) is 0 Å². The molecule has 2 aromatic rings. The number of halogens is 5. The van der Waals surface area contributed by atoms with Gasteiger partial charge in [0.2, 0.25) is 0 Å². The Morgan fingerprint density at radius 1 is 1.06 bits per heavy atom. The first-order valence-corrected chi connectivity index (χ1v) is 5.87. The van der Waals surface area contributed by atoms with Crippen molar-refractivity contribution < 1.29 is 13.2 Å². The van der Waals surface area contributed by atoms with Crippen LogP contribution in [0.15, 0.2) is 28.9 Å². The lowest BCUT2D eigenvalue weighted by Gasteiger charge is -2.09. The Morgan fingerprint density at radius 3 is 2.39 bits per heavy atom. The molecule has 0 unspecified atom stereocenters. The maximum absolute atomic E-state index is 13.4.